The Kier molecular flexibility index (Phi) is 4.83. The zero-order valence-electron chi connectivity index (χ0n) is 7.33. The molecule has 13 heavy (non-hydrogen) atoms. The van der Waals surface area contributed by atoms with Crippen LogP contribution in [-0.4, -0.2) is 43.4 Å². The number of halogens is 2. The topological polar surface area (TPSA) is 54.5 Å². The van der Waals surface area contributed by atoms with Gasteiger partial charge in [-0.05, 0) is 6.42 Å². The lowest BCUT2D eigenvalue weighted by molar-refractivity contribution is -0.130. The molecule has 0 aromatic rings. The van der Waals surface area contributed by atoms with Gasteiger partial charge in [0.15, 0.2) is 6.17 Å². The molecule has 1 atom stereocenters. The number of carbonyl (C=O) groups is 1. The van der Waals surface area contributed by atoms with Gasteiger partial charge in [0, 0.05) is 12.4 Å². The summed E-state index contributed by atoms with van der Waals surface area (Å²) in [6, 6.07) is 0. The van der Waals surface area contributed by atoms with E-state index in [1.807, 2.05) is 0 Å². The molecule has 0 spiro atoms. The number of carbonyl (C=O) groups excluding carboxylic acids is 1. The van der Waals surface area contributed by atoms with Gasteiger partial charge in [-0.25, -0.2) is 17.1 Å². The van der Waals surface area contributed by atoms with Crippen molar-refractivity contribution < 1.29 is 17.6 Å². The molecule has 0 aliphatic heterocycles. The molecule has 4 nitrogen and oxygen atoms in total. The monoisotopic (exact) mass is 275 g/mol. The number of rotatable bonds is 4. The van der Waals surface area contributed by atoms with E-state index in [0.717, 1.165) is 13.3 Å². The maximum absolute atomic E-state index is 12.9. The average Bonchev–Trinajstić information content (AvgIpc) is 2.00. The molecule has 0 N–H and O–H groups in total. The third kappa shape index (κ3) is 4.04. The molecule has 0 aliphatic rings. The number of hydrogen-bond donors (Lipinski definition) is 0. The third-order valence-electron chi connectivity index (χ3n) is 1.44. The third-order valence-corrected chi connectivity index (χ3v) is 3.07. The number of amides is 1. The second kappa shape index (κ2) is 4.90. The molecule has 0 rings (SSSR count). The fraction of sp³-hybridized carbons (Fsp3) is 0.833. The van der Waals surface area contributed by atoms with Crippen LogP contribution in [0.15, 0.2) is 0 Å². The Labute approximate surface area is 85.3 Å². The minimum absolute atomic E-state index is 0.0291. The molecule has 1 unspecified atom stereocenters. The number of sulfonamides is 1. The molecule has 78 valence electrons. The number of alkyl halides is 2. The zero-order chi connectivity index (χ0) is 10.6. The van der Waals surface area contributed by atoms with E-state index in [9.17, 15) is 17.6 Å². The average molecular weight is 276 g/mol. The van der Waals surface area contributed by atoms with E-state index >= 15 is 0 Å². The van der Waals surface area contributed by atoms with Crippen LogP contribution in [-0.2, 0) is 14.8 Å². The van der Waals surface area contributed by atoms with Crippen LogP contribution in [0.4, 0.5) is 4.39 Å². The predicted molar refractivity (Wildman–Crippen MR) is 50.9 cm³/mol. The van der Waals surface area contributed by atoms with Crippen molar-refractivity contribution in [3.8, 4) is 0 Å². The Bertz CT molecular complexity index is 280. The van der Waals surface area contributed by atoms with Gasteiger partial charge in [0.25, 0.3) is 5.91 Å². The van der Waals surface area contributed by atoms with Crippen LogP contribution in [0.3, 0.4) is 0 Å². The Morgan fingerprint density at radius 2 is 2.08 bits per heavy atom. The van der Waals surface area contributed by atoms with E-state index < -0.39 is 22.1 Å². The van der Waals surface area contributed by atoms with Crippen LogP contribution in [0.1, 0.15) is 6.42 Å². The van der Waals surface area contributed by atoms with Gasteiger partial charge in [0.1, 0.15) is 0 Å². The minimum atomic E-state index is -3.64. The summed E-state index contributed by atoms with van der Waals surface area (Å²) in [4.78, 5) is 11.0. The van der Waals surface area contributed by atoms with Crippen molar-refractivity contribution in [2.24, 2.45) is 0 Å². The van der Waals surface area contributed by atoms with Crippen molar-refractivity contribution in [3.05, 3.63) is 0 Å². The normalized spacial score (nSPS) is 13.8. The van der Waals surface area contributed by atoms with E-state index in [4.69, 9.17) is 0 Å². The van der Waals surface area contributed by atoms with Gasteiger partial charge in [0.2, 0.25) is 10.0 Å². The molecule has 0 saturated heterocycles. The molecule has 7 heteroatoms. The maximum Gasteiger partial charge on any atom is 0.270 e. The van der Waals surface area contributed by atoms with Gasteiger partial charge in [-0.1, -0.05) is 15.9 Å². The Balaban J connectivity index is 4.44. The first-order valence-corrected chi connectivity index (χ1v) is 6.45. The van der Waals surface area contributed by atoms with Gasteiger partial charge in [-0.2, -0.15) is 0 Å². The lowest BCUT2D eigenvalue weighted by atomic mass is 10.3. The molecule has 0 radical (unpaired) electrons. The van der Waals surface area contributed by atoms with Gasteiger partial charge < -0.3 is 0 Å². The minimum Gasteiger partial charge on any atom is -0.270 e. The summed E-state index contributed by atoms with van der Waals surface area (Å²) in [5.74, 6) is -1.03. The van der Waals surface area contributed by atoms with Crippen LogP contribution in [0.25, 0.3) is 0 Å². The Hall–Kier alpha value is -0.170. The van der Waals surface area contributed by atoms with Gasteiger partial charge in [-0.3, -0.25) is 4.79 Å². The van der Waals surface area contributed by atoms with Crippen molar-refractivity contribution in [1.82, 2.24) is 4.31 Å². The molecule has 1 amide bonds. The molecule has 0 bridgehead atoms. The fourth-order valence-electron chi connectivity index (χ4n) is 0.580. The first-order valence-electron chi connectivity index (χ1n) is 3.48. The van der Waals surface area contributed by atoms with Crippen molar-refractivity contribution >= 4 is 31.9 Å². The predicted octanol–water partition coefficient (Wildman–Crippen LogP) is 0.527. The smallest absolute Gasteiger partial charge is 0.270 e. The van der Waals surface area contributed by atoms with Crippen molar-refractivity contribution in [1.29, 1.82) is 0 Å². The summed E-state index contributed by atoms with van der Waals surface area (Å²) in [5, 5.41) is 0.317. The summed E-state index contributed by atoms with van der Waals surface area (Å²) in [6.07, 6.45) is -0.941. The molecule has 0 fully saturated rings. The highest BCUT2D eigenvalue weighted by atomic mass is 79.9. The van der Waals surface area contributed by atoms with Crippen molar-refractivity contribution in [2.75, 3.05) is 18.6 Å². The molecular weight excluding hydrogens is 265 g/mol. The zero-order valence-corrected chi connectivity index (χ0v) is 9.73. The van der Waals surface area contributed by atoms with Crippen LogP contribution < -0.4 is 0 Å². The van der Waals surface area contributed by atoms with Gasteiger partial charge in [0.05, 0.1) is 6.26 Å². The summed E-state index contributed by atoms with van der Waals surface area (Å²) in [7, 11) is -2.60. The van der Waals surface area contributed by atoms with Crippen LogP contribution in [0.2, 0.25) is 0 Å². The SMILES string of the molecule is CN(C(=O)C(F)CCBr)S(C)(=O)=O. The summed E-state index contributed by atoms with van der Waals surface area (Å²) in [6.45, 7) is 0. The van der Waals surface area contributed by atoms with Crippen molar-refractivity contribution in [2.45, 2.75) is 12.6 Å². The Morgan fingerprint density at radius 1 is 1.62 bits per heavy atom. The highest BCUT2D eigenvalue weighted by Gasteiger charge is 2.26. The lowest BCUT2D eigenvalue weighted by Crippen LogP contribution is -2.38. The Morgan fingerprint density at radius 3 is 2.38 bits per heavy atom. The molecular formula is C6H11BrFNO3S. The largest absolute Gasteiger partial charge is 0.270 e. The van der Waals surface area contributed by atoms with Crippen LogP contribution >= 0.6 is 15.9 Å². The summed E-state index contributed by atoms with van der Waals surface area (Å²) in [5.41, 5.74) is 0. The quantitative estimate of drug-likeness (QED) is 0.704. The van der Waals surface area contributed by atoms with Gasteiger partial charge >= 0.3 is 0 Å². The first-order chi connectivity index (χ1) is 5.80. The highest BCUT2D eigenvalue weighted by Crippen LogP contribution is 2.07. The molecule has 0 aromatic carbocycles. The fourth-order valence-corrected chi connectivity index (χ4v) is 1.42. The molecule has 0 aromatic heterocycles. The summed E-state index contributed by atoms with van der Waals surface area (Å²) >= 11 is 2.96. The van der Waals surface area contributed by atoms with E-state index in [0.29, 0.717) is 9.64 Å². The lowest BCUT2D eigenvalue weighted by Gasteiger charge is -2.16. The highest BCUT2D eigenvalue weighted by molar-refractivity contribution is 9.09. The van der Waals surface area contributed by atoms with E-state index in [1.165, 1.54) is 0 Å². The van der Waals surface area contributed by atoms with E-state index in [1.54, 1.807) is 0 Å². The van der Waals surface area contributed by atoms with Crippen LogP contribution in [0, 0.1) is 0 Å². The summed E-state index contributed by atoms with van der Waals surface area (Å²) < 4.78 is 34.9. The number of hydrogen-bond acceptors (Lipinski definition) is 3. The molecule has 0 aliphatic carbocycles. The second-order valence-electron chi connectivity index (χ2n) is 2.51. The number of nitrogens with zero attached hydrogens (tertiary/aromatic N) is 1. The van der Waals surface area contributed by atoms with E-state index in [2.05, 4.69) is 15.9 Å². The molecule has 0 saturated carbocycles. The van der Waals surface area contributed by atoms with E-state index in [-0.39, 0.29) is 6.42 Å². The molecule has 0 heterocycles. The second-order valence-corrected chi connectivity index (χ2v) is 5.32. The standard InChI is InChI=1S/C6H11BrFNO3S/c1-9(13(2,11)12)6(10)5(8)3-4-7/h5H,3-4H2,1-2H3. The van der Waals surface area contributed by atoms with Crippen LogP contribution in [0.5, 0.6) is 0 Å². The maximum atomic E-state index is 12.9. The first kappa shape index (κ1) is 12.8. The van der Waals surface area contributed by atoms with Crippen molar-refractivity contribution in [3.63, 3.8) is 0 Å². The van der Waals surface area contributed by atoms with Gasteiger partial charge in [-0.15, -0.1) is 0 Å².